The third kappa shape index (κ3) is 4.42. The predicted molar refractivity (Wildman–Crippen MR) is 116 cm³/mol. The van der Waals surface area contributed by atoms with Gasteiger partial charge in [0.25, 0.3) is 5.56 Å². The van der Waals surface area contributed by atoms with Crippen LogP contribution in [0.4, 0.5) is 0 Å². The lowest BCUT2D eigenvalue weighted by Gasteiger charge is -2.22. The van der Waals surface area contributed by atoms with Gasteiger partial charge in [-0.3, -0.25) is 9.89 Å². The number of hydrogen-bond donors (Lipinski definition) is 2. The van der Waals surface area contributed by atoms with Crippen molar-refractivity contribution in [2.24, 2.45) is 5.92 Å². The molecule has 7 nitrogen and oxygen atoms in total. The quantitative estimate of drug-likeness (QED) is 0.624. The number of hydrogen-bond acceptors (Lipinski definition) is 5. The molecule has 0 radical (unpaired) electrons. The van der Waals surface area contributed by atoms with E-state index in [0.717, 1.165) is 48.8 Å². The van der Waals surface area contributed by atoms with Gasteiger partial charge in [-0.05, 0) is 36.5 Å². The molecule has 4 rings (SSSR count). The van der Waals surface area contributed by atoms with Gasteiger partial charge in [0.1, 0.15) is 5.75 Å². The number of methoxy groups -OCH3 is 1. The van der Waals surface area contributed by atoms with Crippen molar-refractivity contribution >= 4 is 5.65 Å². The summed E-state index contributed by atoms with van der Waals surface area (Å²) in [6.45, 7) is 6.46. The molecule has 30 heavy (non-hydrogen) atoms. The smallest absolute Gasteiger partial charge is 0.272 e. The number of aromatic nitrogens is 3. The highest BCUT2D eigenvalue weighted by Gasteiger charge is 2.22. The topological polar surface area (TPSA) is 80.6 Å². The van der Waals surface area contributed by atoms with Crippen LogP contribution in [0.15, 0.2) is 41.2 Å². The average Bonchev–Trinajstić information content (AvgIpc) is 3.19. The van der Waals surface area contributed by atoms with Crippen LogP contribution >= 0.6 is 0 Å². The number of H-pyrrole nitrogens is 1. The molecular formula is C23H30N4O3. The molecule has 7 heteroatoms. The number of nitrogens with one attached hydrogen (secondary N) is 2. The van der Waals surface area contributed by atoms with Gasteiger partial charge in [0, 0.05) is 43.5 Å². The third-order valence-corrected chi connectivity index (χ3v) is 5.80. The summed E-state index contributed by atoms with van der Waals surface area (Å²) in [6, 6.07) is 11.6. The van der Waals surface area contributed by atoms with Gasteiger partial charge in [0.15, 0.2) is 5.65 Å². The number of nitrogens with zero attached hydrogens (tertiary/aromatic N) is 2. The van der Waals surface area contributed by atoms with E-state index in [9.17, 15) is 4.79 Å². The summed E-state index contributed by atoms with van der Waals surface area (Å²) in [5, 5.41) is 6.82. The first-order valence-corrected chi connectivity index (χ1v) is 10.6. The predicted octanol–water partition coefficient (Wildman–Crippen LogP) is 3.41. The standard InChI is InChI=1S/C23H30N4O3/c1-15(2)23(24-14-16-5-4-6-18(11-16)29-3)20-13-22(28)27-21(25-20)12-19(26-27)17-7-9-30-10-8-17/h4-6,11-13,15,17,23-24,26H,7-10,14H2,1-3H3/t23-/m1/s1. The monoisotopic (exact) mass is 410 g/mol. The van der Waals surface area contributed by atoms with Crippen LogP contribution in [0.5, 0.6) is 5.75 Å². The number of benzene rings is 1. The molecular weight excluding hydrogens is 380 g/mol. The summed E-state index contributed by atoms with van der Waals surface area (Å²) in [5.74, 6) is 1.50. The van der Waals surface area contributed by atoms with Gasteiger partial charge in [0.05, 0.1) is 18.8 Å². The van der Waals surface area contributed by atoms with E-state index in [1.165, 1.54) is 0 Å². The normalized spacial score (nSPS) is 16.3. The minimum absolute atomic E-state index is 0.0321. The van der Waals surface area contributed by atoms with Crippen LogP contribution in [0.2, 0.25) is 0 Å². The Labute approximate surface area is 176 Å². The SMILES string of the molecule is COc1cccc(CN[C@@H](c2cc(=O)n3[nH]c(C4CCOCC4)cc3n2)C(C)C)c1. The lowest BCUT2D eigenvalue weighted by molar-refractivity contribution is 0.0844. The van der Waals surface area contributed by atoms with Gasteiger partial charge in [-0.2, -0.15) is 0 Å². The molecule has 3 aromatic rings. The van der Waals surface area contributed by atoms with E-state index in [-0.39, 0.29) is 17.5 Å². The lowest BCUT2D eigenvalue weighted by Crippen LogP contribution is -2.28. The second-order valence-electron chi connectivity index (χ2n) is 8.27. The molecule has 1 fully saturated rings. The number of rotatable bonds is 7. The van der Waals surface area contributed by atoms with Crippen LogP contribution in [0.3, 0.4) is 0 Å². The zero-order valence-corrected chi connectivity index (χ0v) is 17.9. The van der Waals surface area contributed by atoms with Gasteiger partial charge in [-0.1, -0.05) is 26.0 Å². The highest BCUT2D eigenvalue weighted by atomic mass is 16.5. The minimum atomic E-state index is -0.0814. The first kappa shape index (κ1) is 20.6. The molecule has 0 amide bonds. The molecule has 0 unspecified atom stereocenters. The van der Waals surface area contributed by atoms with Crippen molar-refractivity contribution in [2.75, 3.05) is 20.3 Å². The van der Waals surface area contributed by atoms with Crippen LogP contribution in [0.25, 0.3) is 5.65 Å². The van der Waals surface area contributed by atoms with Gasteiger partial charge in [-0.15, -0.1) is 0 Å². The Bertz CT molecular complexity index is 1050. The zero-order chi connectivity index (χ0) is 21.1. The molecule has 160 valence electrons. The Morgan fingerprint density at radius 1 is 1.27 bits per heavy atom. The molecule has 2 aromatic heterocycles. The van der Waals surface area contributed by atoms with Crippen molar-refractivity contribution in [3.63, 3.8) is 0 Å². The Morgan fingerprint density at radius 2 is 2.07 bits per heavy atom. The van der Waals surface area contributed by atoms with E-state index in [1.54, 1.807) is 17.7 Å². The van der Waals surface area contributed by atoms with E-state index in [1.807, 2.05) is 24.3 Å². The minimum Gasteiger partial charge on any atom is -0.497 e. The fourth-order valence-electron chi connectivity index (χ4n) is 4.10. The van der Waals surface area contributed by atoms with Crippen LogP contribution in [-0.2, 0) is 11.3 Å². The van der Waals surface area contributed by atoms with Crippen LogP contribution in [0.1, 0.15) is 55.6 Å². The fourth-order valence-corrected chi connectivity index (χ4v) is 4.10. The second kappa shape index (κ2) is 9.02. The average molecular weight is 411 g/mol. The Balaban J connectivity index is 1.59. The summed E-state index contributed by atoms with van der Waals surface area (Å²) in [4.78, 5) is 17.6. The molecule has 0 saturated carbocycles. The van der Waals surface area contributed by atoms with Gasteiger partial charge in [-0.25, -0.2) is 9.50 Å². The zero-order valence-electron chi connectivity index (χ0n) is 17.9. The van der Waals surface area contributed by atoms with E-state index in [2.05, 4.69) is 30.3 Å². The van der Waals surface area contributed by atoms with Gasteiger partial charge in [0.2, 0.25) is 0 Å². The molecule has 0 spiro atoms. The Kier molecular flexibility index (Phi) is 6.20. The largest absolute Gasteiger partial charge is 0.497 e. The molecule has 0 aliphatic carbocycles. The molecule has 0 bridgehead atoms. The first-order chi connectivity index (χ1) is 14.5. The fraction of sp³-hybridized carbons (Fsp3) is 0.478. The molecule has 2 N–H and O–H groups in total. The van der Waals surface area contributed by atoms with Crippen molar-refractivity contribution in [2.45, 2.75) is 45.2 Å². The number of ether oxygens (including phenoxy) is 2. The maximum absolute atomic E-state index is 12.8. The molecule has 1 aromatic carbocycles. The van der Waals surface area contributed by atoms with Crippen molar-refractivity contribution in [1.29, 1.82) is 0 Å². The van der Waals surface area contributed by atoms with Crippen LogP contribution < -0.4 is 15.6 Å². The Hall–Kier alpha value is -2.64. The molecule has 1 aliphatic heterocycles. The lowest BCUT2D eigenvalue weighted by atomic mass is 9.97. The summed E-state index contributed by atoms with van der Waals surface area (Å²) < 4.78 is 12.3. The highest BCUT2D eigenvalue weighted by Crippen LogP contribution is 2.27. The summed E-state index contributed by atoms with van der Waals surface area (Å²) in [5.41, 5.74) is 3.55. The summed E-state index contributed by atoms with van der Waals surface area (Å²) in [6.07, 6.45) is 1.93. The first-order valence-electron chi connectivity index (χ1n) is 10.6. The summed E-state index contributed by atoms with van der Waals surface area (Å²) >= 11 is 0. The van der Waals surface area contributed by atoms with Gasteiger partial charge < -0.3 is 14.8 Å². The highest BCUT2D eigenvalue weighted by molar-refractivity contribution is 5.41. The molecule has 1 atom stereocenters. The van der Waals surface area contributed by atoms with Crippen molar-refractivity contribution in [1.82, 2.24) is 19.9 Å². The van der Waals surface area contributed by atoms with E-state index < -0.39 is 0 Å². The van der Waals surface area contributed by atoms with Crippen LogP contribution in [0, 0.1) is 5.92 Å². The third-order valence-electron chi connectivity index (χ3n) is 5.80. The van der Waals surface area contributed by atoms with Crippen LogP contribution in [-0.4, -0.2) is 34.9 Å². The van der Waals surface area contributed by atoms with E-state index in [0.29, 0.717) is 18.1 Å². The second-order valence-corrected chi connectivity index (χ2v) is 8.27. The molecule has 3 heterocycles. The van der Waals surface area contributed by atoms with Crippen molar-refractivity contribution in [3.05, 3.63) is 63.7 Å². The van der Waals surface area contributed by atoms with Gasteiger partial charge >= 0.3 is 0 Å². The molecule has 1 saturated heterocycles. The summed E-state index contributed by atoms with van der Waals surface area (Å²) in [7, 11) is 1.67. The molecule has 1 aliphatic rings. The van der Waals surface area contributed by atoms with Crippen molar-refractivity contribution in [3.8, 4) is 5.75 Å². The maximum atomic E-state index is 12.8. The Morgan fingerprint density at radius 3 is 2.80 bits per heavy atom. The van der Waals surface area contributed by atoms with E-state index >= 15 is 0 Å². The number of aromatic amines is 1. The number of fused-ring (bicyclic) bond motifs is 1. The van der Waals surface area contributed by atoms with Crippen molar-refractivity contribution < 1.29 is 9.47 Å². The van der Waals surface area contributed by atoms with E-state index in [4.69, 9.17) is 14.5 Å². The maximum Gasteiger partial charge on any atom is 0.272 e.